The maximum Gasteiger partial charge on any atom is 0.415 e. The summed E-state index contributed by atoms with van der Waals surface area (Å²) in [5.41, 5.74) is 1.08. The number of amides is 2. The number of carbonyl (C=O) groups is 3. The average molecular weight is 662 g/mol. The summed E-state index contributed by atoms with van der Waals surface area (Å²) in [6.45, 7) is 8.56. The van der Waals surface area contributed by atoms with Crippen LogP contribution < -0.4 is 10.3 Å². The zero-order chi connectivity index (χ0) is 34.7. The van der Waals surface area contributed by atoms with Crippen LogP contribution in [0.5, 0.6) is 5.75 Å². The van der Waals surface area contributed by atoms with Crippen LogP contribution in [0, 0.1) is 0 Å². The number of hydrogen-bond acceptors (Lipinski definition) is 10. The number of ether oxygens (including phenoxy) is 3. The number of likely N-dealkylation sites (tertiary alicyclic amines) is 1. The zero-order valence-corrected chi connectivity index (χ0v) is 28.6. The summed E-state index contributed by atoms with van der Waals surface area (Å²) in [6.07, 6.45) is 0.417. The molecular weight excluding hydrogens is 618 g/mol. The van der Waals surface area contributed by atoms with E-state index in [1.165, 1.54) is 0 Å². The van der Waals surface area contributed by atoms with Gasteiger partial charge in [0, 0.05) is 54.8 Å². The number of rotatable bonds is 5. The maximum atomic E-state index is 13.6. The molecule has 13 heteroatoms. The number of carbonyl (C=O) groups excluding carboxylic acids is 3. The number of aliphatic hydroxyl groups is 1. The lowest BCUT2D eigenvalue weighted by Crippen LogP contribution is -2.49. The van der Waals surface area contributed by atoms with Crippen LogP contribution in [0.2, 0.25) is 0 Å². The molecule has 0 bridgehead atoms. The third-order valence-electron chi connectivity index (χ3n) is 9.38. The average Bonchev–Trinajstić information content (AvgIpc) is 3.39. The predicted molar refractivity (Wildman–Crippen MR) is 177 cm³/mol. The van der Waals surface area contributed by atoms with Gasteiger partial charge < -0.3 is 38.6 Å². The number of pyridine rings is 2. The summed E-state index contributed by atoms with van der Waals surface area (Å²) in [4.78, 5) is 62.3. The van der Waals surface area contributed by atoms with E-state index >= 15 is 0 Å². The Balaban J connectivity index is 1.27. The summed E-state index contributed by atoms with van der Waals surface area (Å²) in [5.74, 6) is -0.345. The van der Waals surface area contributed by atoms with E-state index in [-0.39, 0.29) is 48.4 Å². The van der Waals surface area contributed by atoms with Gasteiger partial charge in [-0.15, -0.1) is 0 Å². The van der Waals surface area contributed by atoms with Gasteiger partial charge in [0.1, 0.15) is 18.0 Å². The smallest absolute Gasteiger partial charge is 0.415 e. The molecule has 48 heavy (non-hydrogen) atoms. The van der Waals surface area contributed by atoms with E-state index in [0.29, 0.717) is 55.1 Å². The van der Waals surface area contributed by atoms with Crippen molar-refractivity contribution < 1.29 is 33.7 Å². The van der Waals surface area contributed by atoms with Gasteiger partial charge in [0.25, 0.3) is 5.56 Å². The summed E-state index contributed by atoms with van der Waals surface area (Å²) in [6, 6.07) is 7.15. The van der Waals surface area contributed by atoms with Crippen molar-refractivity contribution in [3.05, 3.63) is 56.9 Å². The number of aromatic nitrogens is 2. The summed E-state index contributed by atoms with van der Waals surface area (Å²) >= 11 is 0. The fourth-order valence-electron chi connectivity index (χ4n) is 6.74. The molecule has 1 N–H and O–H groups in total. The molecule has 3 aliphatic rings. The highest BCUT2D eigenvalue weighted by atomic mass is 16.6. The van der Waals surface area contributed by atoms with Crippen molar-refractivity contribution in [2.75, 3.05) is 34.2 Å². The molecule has 0 radical (unpaired) electrons. The van der Waals surface area contributed by atoms with Gasteiger partial charge in [0.05, 0.1) is 29.0 Å². The fraction of sp³-hybridized carbons (Fsp3) is 0.514. The second-order valence-electron chi connectivity index (χ2n) is 14.1. The Bertz CT molecular complexity index is 1870. The normalized spacial score (nSPS) is 19.1. The fourth-order valence-corrected chi connectivity index (χ4v) is 6.74. The molecule has 1 aromatic carbocycles. The molecule has 1 atom stereocenters. The van der Waals surface area contributed by atoms with Crippen molar-refractivity contribution in [3.63, 3.8) is 0 Å². The van der Waals surface area contributed by atoms with Gasteiger partial charge in [0.2, 0.25) is 0 Å². The van der Waals surface area contributed by atoms with E-state index in [4.69, 9.17) is 19.2 Å². The molecule has 5 heterocycles. The molecule has 2 aromatic heterocycles. The third kappa shape index (κ3) is 5.89. The molecule has 0 aliphatic carbocycles. The van der Waals surface area contributed by atoms with Gasteiger partial charge in [-0.2, -0.15) is 0 Å². The van der Waals surface area contributed by atoms with E-state index < -0.39 is 23.3 Å². The Morgan fingerprint density at radius 1 is 1.12 bits per heavy atom. The Kier molecular flexibility index (Phi) is 8.49. The van der Waals surface area contributed by atoms with Crippen molar-refractivity contribution in [1.29, 1.82) is 0 Å². The highest BCUT2D eigenvalue weighted by molar-refractivity contribution is 5.90. The van der Waals surface area contributed by atoms with Crippen molar-refractivity contribution in [3.8, 4) is 17.1 Å². The van der Waals surface area contributed by atoms with E-state index in [1.54, 1.807) is 46.5 Å². The van der Waals surface area contributed by atoms with E-state index in [0.717, 1.165) is 16.5 Å². The van der Waals surface area contributed by atoms with Crippen LogP contribution in [0.1, 0.15) is 69.2 Å². The van der Waals surface area contributed by atoms with Crippen LogP contribution in [-0.2, 0) is 39.6 Å². The molecule has 13 nitrogen and oxygen atoms in total. The standard InChI is InChI=1S/C35H43N5O8/c1-8-35(45)25-16-27-29-20(17-40(27)30(41)24(25)19-46-31(35)42)15-22-23(18-37(5)6)28(10-9-26(22)36-29)47-33(44)39-13-11-21(12-14-39)38(7)32(43)48-34(2,3)4/h9-10,15-16,21,45H,8,11-14,17-19H2,1-7H3/t35-/m0/s1. The van der Waals surface area contributed by atoms with Crippen LogP contribution >= 0.6 is 0 Å². The predicted octanol–water partition coefficient (Wildman–Crippen LogP) is 3.97. The van der Waals surface area contributed by atoms with Gasteiger partial charge in [-0.25, -0.2) is 19.4 Å². The minimum atomic E-state index is -1.90. The molecular formula is C35H43N5O8. The topological polar surface area (TPSA) is 144 Å². The van der Waals surface area contributed by atoms with Crippen LogP contribution in [0.15, 0.2) is 29.1 Å². The van der Waals surface area contributed by atoms with Gasteiger partial charge in [-0.05, 0) is 78.4 Å². The quantitative estimate of drug-likeness (QED) is 0.312. The molecule has 256 valence electrons. The number of cyclic esters (lactones) is 1. The van der Waals surface area contributed by atoms with Gasteiger partial charge in [0.15, 0.2) is 5.60 Å². The molecule has 1 fully saturated rings. The molecule has 3 aliphatic heterocycles. The highest BCUT2D eigenvalue weighted by Gasteiger charge is 2.45. The van der Waals surface area contributed by atoms with E-state index in [1.807, 2.05) is 45.8 Å². The minimum absolute atomic E-state index is 0.0481. The monoisotopic (exact) mass is 661 g/mol. The van der Waals surface area contributed by atoms with E-state index in [9.17, 15) is 24.3 Å². The molecule has 2 amide bonds. The minimum Gasteiger partial charge on any atom is -0.458 e. The zero-order valence-electron chi connectivity index (χ0n) is 28.6. The van der Waals surface area contributed by atoms with Crippen molar-refractivity contribution in [1.82, 2.24) is 24.3 Å². The lowest BCUT2D eigenvalue weighted by Gasteiger charge is -2.36. The molecule has 6 rings (SSSR count). The SMILES string of the molecule is CC[C@@]1(O)C(=O)OCc2c1cc1n(c2=O)Cc2cc3c(CN(C)C)c(OC(=O)N4CCC(N(C)C(=O)OC(C)(C)C)CC4)ccc3nc2-1. The Morgan fingerprint density at radius 3 is 2.48 bits per heavy atom. The summed E-state index contributed by atoms with van der Waals surface area (Å²) in [5, 5.41) is 12.0. The van der Waals surface area contributed by atoms with E-state index in [2.05, 4.69) is 0 Å². The number of nitrogens with zero attached hydrogens (tertiary/aromatic N) is 5. The lowest BCUT2D eigenvalue weighted by atomic mass is 9.86. The summed E-state index contributed by atoms with van der Waals surface area (Å²) in [7, 11) is 5.58. The Hall–Kier alpha value is -4.49. The number of hydrogen-bond donors (Lipinski definition) is 1. The first-order chi connectivity index (χ1) is 22.6. The third-order valence-corrected chi connectivity index (χ3v) is 9.38. The number of fused-ring (bicyclic) bond motifs is 5. The van der Waals surface area contributed by atoms with Crippen LogP contribution in [0.4, 0.5) is 9.59 Å². The largest absolute Gasteiger partial charge is 0.458 e. The Labute approximate surface area is 279 Å². The van der Waals surface area contributed by atoms with Crippen LogP contribution in [0.25, 0.3) is 22.3 Å². The first kappa shape index (κ1) is 33.4. The second-order valence-corrected chi connectivity index (χ2v) is 14.1. The first-order valence-corrected chi connectivity index (χ1v) is 16.3. The molecule has 0 spiro atoms. The molecule has 0 saturated carbocycles. The Morgan fingerprint density at radius 2 is 1.83 bits per heavy atom. The molecule has 1 saturated heterocycles. The molecule has 3 aromatic rings. The van der Waals surface area contributed by atoms with Crippen molar-refractivity contribution >= 4 is 29.1 Å². The van der Waals surface area contributed by atoms with Crippen molar-refractivity contribution in [2.24, 2.45) is 0 Å². The van der Waals surface area contributed by atoms with Gasteiger partial charge in [-0.3, -0.25) is 4.79 Å². The van der Waals surface area contributed by atoms with Crippen LogP contribution in [0.3, 0.4) is 0 Å². The number of piperidine rings is 1. The highest BCUT2D eigenvalue weighted by Crippen LogP contribution is 2.40. The van der Waals surface area contributed by atoms with Crippen molar-refractivity contribution in [2.45, 2.75) is 83.9 Å². The lowest BCUT2D eigenvalue weighted by molar-refractivity contribution is -0.172. The molecule has 0 unspecified atom stereocenters. The van der Waals surface area contributed by atoms with Crippen LogP contribution in [-0.4, -0.2) is 93.4 Å². The summed E-state index contributed by atoms with van der Waals surface area (Å²) < 4.78 is 18.3. The number of esters is 1. The first-order valence-electron chi connectivity index (χ1n) is 16.3. The second kappa shape index (κ2) is 12.2. The maximum absolute atomic E-state index is 13.6. The number of benzene rings is 1. The van der Waals surface area contributed by atoms with Gasteiger partial charge >= 0.3 is 18.2 Å². The van der Waals surface area contributed by atoms with Gasteiger partial charge in [-0.1, -0.05) is 6.92 Å².